The highest BCUT2D eigenvalue weighted by molar-refractivity contribution is 5.72. The average molecular weight is 249 g/mol. The molecule has 3 heteroatoms. The van der Waals surface area contributed by atoms with Crippen LogP contribution < -0.4 is 5.32 Å². The minimum absolute atomic E-state index is 0.0527. The number of rotatable bonds is 6. The van der Waals surface area contributed by atoms with Gasteiger partial charge in [-0.25, -0.2) is 0 Å². The Morgan fingerprint density at radius 2 is 1.94 bits per heavy atom. The highest BCUT2D eigenvalue weighted by atomic mass is 16.5. The van der Waals surface area contributed by atoms with Gasteiger partial charge in [0.05, 0.1) is 13.0 Å². The number of esters is 1. The zero-order chi connectivity index (χ0) is 13.6. The van der Waals surface area contributed by atoms with E-state index in [9.17, 15) is 4.79 Å². The first-order chi connectivity index (χ1) is 8.47. The zero-order valence-electron chi connectivity index (χ0n) is 11.7. The van der Waals surface area contributed by atoms with Gasteiger partial charge in [-0.15, -0.1) is 0 Å². The predicted molar refractivity (Wildman–Crippen MR) is 73.5 cm³/mol. The molecular formula is C15H23NO2. The van der Waals surface area contributed by atoms with E-state index in [0.717, 1.165) is 6.54 Å². The smallest absolute Gasteiger partial charge is 0.309 e. The van der Waals surface area contributed by atoms with Crippen LogP contribution in [0.25, 0.3) is 0 Å². The first-order valence-corrected chi connectivity index (χ1v) is 6.31. The number of nitrogens with one attached hydrogen (secondary N) is 1. The first kappa shape index (κ1) is 14.7. The van der Waals surface area contributed by atoms with Gasteiger partial charge in [-0.3, -0.25) is 4.79 Å². The standard InChI is InChI=1S/C15H23NO2/c1-12(14(17)18-4)10-16-11-15(2,3)13-8-6-5-7-9-13/h5-9,12,16H,10-11H2,1-4H3. The molecule has 0 aliphatic carbocycles. The van der Waals surface area contributed by atoms with E-state index in [4.69, 9.17) is 4.74 Å². The van der Waals surface area contributed by atoms with Crippen molar-refractivity contribution in [2.45, 2.75) is 26.2 Å². The third kappa shape index (κ3) is 4.15. The van der Waals surface area contributed by atoms with Gasteiger partial charge in [-0.2, -0.15) is 0 Å². The van der Waals surface area contributed by atoms with Crippen LogP contribution in [0.4, 0.5) is 0 Å². The lowest BCUT2D eigenvalue weighted by molar-refractivity contribution is -0.144. The summed E-state index contributed by atoms with van der Waals surface area (Å²) in [6, 6.07) is 10.4. The molecule has 0 spiro atoms. The van der Waals surface area contributed by atoms with Crippen molar-refractivity contribution in [2.24, 2.45) is 5.92 Å². The third-order valence-electron chi connectivity index (χ3n) is 3.18. The van der Waals surface area contributed by atoms with E-state index in [2.05, 4.69) is 31.3 Å². The van der Waals surface area contributed by atoms with Crippen molar-refractivity contribution in [3.63, 3.8) is 0 Å². The highest BCUT2D eigenvalue weighted by Gasteiger charge is 2.21. The van der Waals surface area contributed by atoms with E-state index in [1.165, 1.54) is 12.7 Å². The largest absolute Gasteiger partial charge is 0.469 e. The predicted octanol–water partition coefficient (Wildman–Crippen LogP) is 2.36. The molecule has 1 aromatic rings. The lowest BCUT2D eigenvalue weighted by Gasteiger charge is -2.26. The Bertz CT molecular complexity index is 373. The van der Waals surface area contributed by atoms with Crippen molar-refractivity contribution in [1.82, 2.24) is 5.32 Å². The van der Waals surface area contributed by atoms with Gasteiger partial charge in [0.1, 0.15) is 0 Å². The summed E-state index contributed by atoms with van der Waals surface area (Å²) in [4.78, 5) is 11.3. The van der Waals surface area contributed by atoms with Crippen LogP contribution in [0.15, 0.2) is 30.3 Å². The summed E-state index contributed by atoms with van der Waals surface area (Å²) in [7, 11) is 1.42. The number of benzene rings is 1. The molecule has 1 N–H and O–H groups in total. The van der Waals surface area contributed by atoms with Crippen LogP contribution in [0.5, 0.6) is 0 Å². The summed E-state index contributed by atoms with van der Waals surface area (Å²) in [5.74, 6) is -0.276. The second kappa shape index (κ2) is 6.55. The van der Waals surface area contributed by atoms with Crippen LogP contribution in [0.2, 0.25) is 0 Å². The van der Waals surface area contributed by atoms with Crippen molar-refractivity contribution in [3.05, 3.63) is 35.9 Å². The molecule has 0 bridgehead atoms. The van der Waals surface area contributed by atoms with Crippen LogP contribution in [-0.4, -0.2) is 26.2 Å². The molecule has 0 fully saturated rings. The molecule has 0 radical (unpaired) electrons. The molecule has 3 nitrogen and oxygen atoms in total. The van der Waals surface area contributed by atoms with Crippen molar-refractivity contribution >= 4 is 5.97 Å². The number of methoxy groups -OCH3 is 1. The number of hydrogen-bond acceptors (Lipinski definition) is 3. The number of hydrogen-bond donors (Lipinski definition) is 1. The van der Waals surface area contributed by atoms with Gasteiger partial charge in [0.2, 0.25) is 0 Å². The Morgan fingerprint density at radius 1 is 1.33 bits per heavy atom. The fraction of sp³-hybridized carbons (Fsp3) is 0.533. The SMILES string of the molecule is COC(=O)C(C)CNCC(C)(C)c1ccccc1. The minimum atomic E-state index is -0.167. The van der Waals surface area contributed by atoms with E-state index in [-0.39, 0.29) is 17.3 Å². The van der Waals surface area contributed by atoms with Crippen LogP contribution in [0.3, 0.4) is 0 Å². The molecule has 0 heterocycles. The van der Waals surface area contributed by atoms with E-state index in [1.807, 2.05) is 25.1 Å². The number of carbonyl (C=O) groups excluding carboxylic acids is 1. The molecule has 1 unspecified atom stereocenters. The highest BCUT2D eigenvalue weighted by Crippen LogP contribution is 2.21. The van der Waals surface area contributed by atoms with Gasteiger partial charge in [-0.1, -0.05) is 51.1 Å². The summed E-state index contributed by atoms with van der Waals surface area (Å²) in [5, 5.41) is 3.34. The van der Waals surface area contributed by atoms with E-state index < -0.39 is 0 Å². The van der Waals surface area contributed by atoms with Gasteiger partial charge < -0.3 is 10.1 Å². The minimum Gasteiger partial charge on any atom is -0.469 e. The van der Waals surface area contributed by atoms with Crippen LogP contribution in [0.1, 0.15) is 26.3 Å². The maximum atomic E-state index is 11.3. The molecule has 1 rings (SSSR count). The third-order valence-corrected chi connectivity index (χ3v) is 3.18. The molecule has 1 aromatic carbocycles. The summed E-state index contributed by atoms with van der Waals surface area (Å²) in [5.41, 5.74) is 1.35. The summed E-state index contributed by atoms with van der Waals surface area (Å²) in [6.45, 7) is 7.73. The van der Waals surface area contributed by atoms with E-state index in [0.29, 0.717) is 6.54 Å². The van der Waals surface area contributed by atoms with Gasteiger partial charge in [0.25, 0.3) is 0 Å². The summed E-state index contributed by atoms with van der Waals surface area (Å²) >= 11 is 0. The van der Waals surface area contributed by atoms with Gasteiger partial charge in [0, 0.05) is 18.5 Å². The van der Waals surface area contributed by atoms with E-state index in [1.54, 1.807) is 0 Å². The number of ether oxygens (including phenoxy) is 1. The maximum Gasteiger partial charge on any atom is 0.309 e. The monoisotopic (exact) mass is 249 g/mol. The first-order valence-electron chi connectivity index (χ1n) is 6.31. The Hall–Kier alpha value is -1.35. The van der Waals surface area contributed by atoms with Crippen molar-refractivity contribution < 1.29 is 9.53 Å². The molecule has 1 atom stereocenters. The Kier molecular flexibility index (Phi) is 5.35. The Balaban J connectivity index is 2.46. The zero-order valence-corrected chi connectivity index (χ0v) is 11.7. The molecule has 100 valence electrons. The second-order valence-corrected chi connectivity index (χ2v) is 5.31. The molecule has 0 aliphatic heterocycles. The van der Waals surface area contributed by atoms with Crippen molar-refractivity contribution in [1.29, 1.82) is 0 Å². The fourth-order valence-electron chi connectivity index (χ4n) is 1.88. The van der Waals surface area contributed by atoms with E-state index >= 15 is 0 Å². The average Bonchev–Trinajstić information content (AvgIpc) is 2.38. The molecule has 0 saturated heterocycles. The molecule has 0 amide bonds. The molecule has 0 aromatic heterocycles. The Morgan fingerprint density at radius 3 is 2.50 bits per heavy atom. The lowest BCUT2D eigenvalue weighted by atomic mass is 9.84. The Labute approximate surface area is 110 Å². The van der Waals surface area contributed by atoms with Crippen molar-refractivity contribution in [2.75, 3.05) is 20.2 Å². The van der Waals surface area contributed by atoms with Crippen molar-refractivity contribution in [3.8, 4) is 0 Å². The summed E-state index contributed by atoms with van der Waals surface area (Å²) < 4.78 is 4.70. The number of carbonyl (C=O) groups is 1. The normalized spacial score (nSPS) is 13.1. The molecular weight excluding hydrogens is 226 g/mol. The fourth-order valence-corrected chi connectivity index (χ4v) is 1.88. The van der Waals surface area contributed by atoms with Gasteiger partial charge >= 0.3 is 5.97 Å². The van der Waals surface area contributed by atoms with Crippen LogP contribution in [0, 0.1) is 5.92 Å². The quantitative estimate of drug-likeness (QED) is 0.787. The lowest BCUT2D eigenvalue weighted by Crippen LogP contribution is -2.36. The van der Waals surface area contributed by atoms with Gasteiger partial charge in [0.15, 0.2) is 0 Å². The van der Waals surface area contributed by atoms with Crippen LogP contribution >= 0.6 is 0 Å². The maximum absolute atomic E-state index is 11.3. The molecule has 0 aliphatic rings. The molecule has 18 heavy (non-hydrogen) atoms. The van der Waals surface area contributed by atoms with Gasteiger partial charge in [-0.05, 0) is 5.56 Å². The molecule has 0 saturated carbocycles. The topological polar surface area (TPSA) is 38.3 Å². The van der Waals surface area contributed by atoms with Crippen LogP contribution in [-0.2, 0) is 14.9 Å². The summed E-state index contributed by atoms with van der Waals surface area (Å²) in [6.07, 6.45) is 0. The second-order valence-electron chi connectivity index (χ2n) is 5.31.